The van der Waals surface area contributed by atoms with Crippen molar-refractivity contribution >= 4 is 51.1 Å². The Morgan fingerprint density at radius 1 is 1.21 bits per heavy atom. The number of aromatic nitrogens is 1. The van der Waals surface area contributed by atoms with E-state index in [0.717, 1.165) is 10.2 Å². The van der Waals surface area contributed by atoms with Crippen molar-refractivity contribution < 1.29 is 23.9 Å². The van der Waals surface area contributed by atoms with Gasteiger partial charge in [-0.05, 0) is 44.6 Å². The van der Waals surface area contributed by atoms with Crippen molar-refractivity contribution in [1.29, 1.82) is 0 Å². The van der Waals surface area contributed by atoms with Crippen molar-refractivity contribution in [1.82, 2.24) is 19.7 Å². The first-order valence-electron chi connectivity index (χ1n) is 13.1. The number of piperidine rings is 1. The van der Waals surface area contributed by atoms with Crippen LogP contribution in [0.25, 0.3) is 10.2 Å². The average Bonchev–Trinajstić information content (AvgIpc) is 3.36. The van der Waals surface area contributed by atoms with Crippen LogP contribution in [0.15, 0.2) is 17.6 Å². The summed E-state index contributed by atoms with van der Waals surface area (Å²) in [6, 6.07) is 1.48. The number of likely N-dealkylation sites (tertiary alicyclic amines) is 1. The van der Waals surface area contributed by atoms with Gasteiger partial charge in [0.1, 0.15) is 5.60 Å². The molecular weight excluding hydrogens is 528 g/mol. The molecule has 2 aliphatic rings. The fourth-order valence-corrected chi connectivity index (χ4v) is 6.12. The molecule has 38 heavy (non-hydrogen) atoms. The van der Waals surface area contributed by atoms with Gasteiger partial charge in [-0.1, -0.05) is 25.4 Å². The third kappa shape index (κ3) is 6.58. The van der Waals surface area contributed by atoms with Crippen LogP contribution in [-0.4, -0.2) is 95.2 Å². The molecule has 0 aromatic carbocycles. The molecule has 2 fully saturated rings. The number of fused-ring (bicyclic) bond motifs is 1. The highest BCUT2D eigenvalue weighted by atomic mass is 35.5. The fraction of sp³-hybridized carbons (Fsp3) is 0.630. The summed E-state index contributed by atoms with van der Waals surface area (Å²) < 4.78 is 11.9. The third-order valence-electron chi connectivity index (χ3n) is 6.66. The van der Waals surface area contributed by atoms with Gasteiger partial charge in [-0.25, -0.2) is 4.79 Å². The zero-order chi connectivity index (χ0) is 27.6. The highest BCUT2D eigenvalue weighted by Gasteiger charge is 2.41. The molecular formula is C27H37ClN4O5S. The van der Waals surface area contributed by atoms with Crippen LogP contribution in [0.5, 0.6) is 0 Å². The van der Waals surface area contributed by atoms with E-state index in [9.17, 15) is 14.4 Å². The molecule has 4 rings (SSSR count). The van der Waals surface area contributed by atoms with Crippen LogP contribution in [0.2, 0.25) is 5.02 Å². The smallest absolute Gasteiger partial charge is 0.410 e. The van der Waals surface area contributed by atoms with Gasteiger partial charge in [-0.3, -0.25) is 14.6 Å². The first kappa shape index (κ1) is 28.6. The van der Waals surface area contributed by atoms with E-state index in [-0.39, 0.29) is 30.8 Å². The van der Waals surface area contributed by atoms with E-state index in [4.69, 9.17) is 21.1 Å². The molecule has 0 aliphatic carbocycles. The molecule has 2 aliphatic heterocycles. The third-order valence-corrected chi connectivity index (χ3v) is 8.08. The second-order valence-electron chi connectivity index (χ2n) is 11.4. The van der Waals surface area contributed by atoms with Gasteiger partial charge in [0.05, 0.1) is 46.0 Å². The summed E-state index contributed by atoms with van der Waals surface area (Å²) >= 11 is 8.14. The van der Waals surface area contributed by atoms with Crippen molar-refractivity contribution in [2.45, 2.75) is 52.7 Å². The summed E-state index contributed by atoms with van der Waals surface area (Å²) in [4.78, 5) is 50.3. The molecule has 2 saturated heterocycles. The van der Waals surface area contributed by atoms with Gasteiger partial charge in [0, 0.05) is 38.9 Å². The molecule has 0 spiro atoms. The Morgan fingerprint density at radius 2 is 1.92 bits per heavy atom. The Morgan fingerprint density at radius 3 is 2.58 bits per heavy atom. The van der Waals surface area contributed by atoms with Gasteiger partial charge in [-0.2, -0.15) is 0 Å². The quantitative estimate of drug-likeness (QED) is 0.530. The molecule has 0 N–H and O–H groups in total. The number of pyridine rings is 1. The van der Waals surface area contributed by atoms with Crippen LogP contribution in [0.4, 0.5) is 4.79 Å². The SMILES string of the molecule is CC(C)CN(C(=O)c1cnc2ccsc2c1Cl)[C@H]1C[C@@H](C(=O)N2CCOCC2)CN(C(=O)OC(C)(C)C)C1. The number of carbonyl (C=O) groups is 3. The fourth-order valence-electron chi connectivity index (χ4n) is 4.97. The van der Waals surface area contributed by atoms with E-state index >= 15 is 0 Å². The second-order valence-corrected chi connectivity index (χ2v) is 12.7. The number of hydrogen-bond donors (Lipinski definition) is 0. The molecule has 11 heteroatoms. The summed E-state index contributed by atoms with van der Waals surface area (Å²) in [6.45, 7) is 12.5. The number of carbonyl (C=O) groups excluding carboxylic acids is 3. The molecule has 208 valence electrons. The maximum absolute atomic E-state index is 14.0. The van der Waals surface area contributed by atoms with E-state index in [0.29, 0.717) is 49.9 Å². The van der Waals surface area contributed by atoms with Gasteiger partial charge in [-0.15, -0.1) is 11.3 Å². The lowest BCUT2D eigenvalue weighted by atomic mass is 9.91. The molecule has 4 heterocycles. The molecule has 0 saturated carbocycles. The van der Waals surface area contributed by atoms with Gasteiger partial charge in [0.2, 0.25) is 5.91 Å². The van der Waals surface area contributed by atoms with Crippen LogP contribution in [0, 0.1) is 11.8 Å². The average molecular weight is 565 g/mol. The predicted molar refractivity (Wildman–Crippen MR) is 148 cm³/mol. The molecule has 2 aromatic heterocycles. The van der Waals surface area contributed by atoms with Crippen molar-refractivity contribution in [3.63, 3.8) is 0 Å². The Bertz CT molecular complexity index is 1170. The minimum Gasteiger partial charge on any atom is -0.444 e. The van der Waals surface area contributed by atoms with Crippen molar-refractivity contribution in [2.24, 2.45) is 11.8 Å². The summed E-state index contributed by atoms with van der Waals surface area (Å²) in [5, 5.41) is 2.27. The lowest BCUT2D eigenvalue weighted by Gasteiger charge is -2.44. The van der Waals surface area contributed by atoms with Crippen LogP contribution < -0.4 is 0 Å². The Hall–Kier alpha value is -2.43. The summed E-state index contributed by atoms with van der Waals surface area (Å²) in [5.74, 6) is -0.583. The molecule has 0 bridgehead atoms. The second kappa shape index (κ2) is 11.8. The highest BCUT2D eigenvalue weighted by Crippen LogP contribution is 2.33. The van der Waals surface area contributed by atoms with Crippen molar-refractivity contribution in [3.8, 4) is 0 Å². The summed E-state index contributed by atoms with van der Waals surface area (Å²) in [5.41, 5.74) is 0.390. The van der Waals surface area contributed by atoms with Crippen LogP contribution in [0.3, 0.4) is 0 Å². The summed E-state index contributed by atoms with van der Waals surface area (Å²) in [6.07, 6.45) is 1.48. The van der Waals surface area contributed by atoms with E-state index < -0.39 is 23.7 Å². The van der Waals surface area contributed by atoms with E-state index in [1.807, 2.05) is 46.1 Å². The van der Waals surface area contributed by atoms with Gasteiger partial charge < -0.3 is 24.2 Å². The zero-order valence-electron chi connectivity index (χ0n) is 22.7. The van der Waals surface area contributed by atoms with Gasteiger partial charge in [0.25, 0.3) is 5.91 Å². The van der Waals surface area contributed by atoms with Gasteiger partial charge >= 0.3 is 6.09 Å². The van der Waals surface area contributed by atoms with Crippen molar-refractivity contribution in [2.75, 3.05) is 45.9 Å². The van der Waals surface area contributed by atoms with Crippen LogP contribution in [0.1, 0.15) is 51.4 Å². The van der Waals surface area contributed by atoms with Crippen LogP contribution >= 0.6 is 22.9 Å². The normalized spacial score (nSPS) is 20.6. The minimum absolute atomic E-state index is 0.0248. The molecule has 2 aromatic rings. The number of ether oxygens (including phenoxy) is 2. The summed E-state index contributed by atoms with van der Waals surface area (Å²) in [7, 11) is 0. The number of thiophene rings is 1. The van der Waals surface area contributed by atoms with E-state index in [2.05, 4.69) is 4.98 Å². The Labute approximate surface area is 233 Å². The lowest BCUT2D eigenvalue weighted by molar-refractivity contribution is -0.142. The number of nitrogens with zero attached hydrogens (tertiary/aromatic N) is 4. The number of rotatable bonds is 5. The van der Waals surface area contributed by atoms with Crippen LogP contribution in [-0.2, 0) is 14.3 Å². The maximum Gasteiger partial charge on any atom is 0.410 e. The Balaban J connectivity index is 1.66. The minimum atomic E-state index is -0.684. The Kier molecular flexibility index (Phi) is 8.84. The number of halogens is 1. The number of hydrogen-bond acceptors (Lipinski definition) is 7. The zero-order valence-corrected chi connectivity index (χ0v) is 24.3. The molecule has 9 nitrogen and oxygen atoms in total. The van der Waals surface area contributed by atoms with E-state index in [1.165, 1.54) is 17.5 Å². The molecule has 0 radical (unpaired) electrons. The van der Waals surface area contributed by atoms with E-state index in [1.54, 1.807) is 14.7 Å². The molecule has 2 atom stereocenters. The predicted octanol–water partition coefficient (Wildman–Crippen LogP) is 4.53. The lowest BCUT2D eigenvalue weighted by Crippen LogP contribution is -2.58. The first-order valence-corrected chi connectivity index (χ1v) is 14.4. The number of morpholine rings is 1. The molecule has 3 amide bonds. The maximum atomic E-state index is 14.0. The topological polar surface area (TPSA) is 92.3 Å². The monoisotopic (exact) mass is 564 g/mol. The standard InChI is InChI=1S/C27H37ClN4O5S/c1-17(2)14-32(25(34)20-13-29-21-6-11-38-23(21)22(20)28)19-12-18(24(33)30-7-9-36-10-8-30)15-31(16-19)26(35)37-27(3,4)5/h6,11,13,17-19H,7-10,12,14-16H2,1-5H3/t18-,19+/m1/s1. The largest absolute Gasteiger partial charge is 0.444 e. The van der Waals surface area contributed by atoms with Crippen molar-refractivity contribution in [3.05, 3.63) is 28.2 Å². The molecule has 0 unspecified atom stereocenters. The van der Waals surface area contributed by atoms with Gasteiger partial charge in [0.15, 0.2) is 0 Å². The number of amides is 3. The first-order chi connectivity index (χ1) is 17.9. The highest BCUT2D eigenvalue weighted by molar-refractivity contribution is 7.17.